The number of alkyl halides is 4. The maximum atomic E-state index is 12.4. The number of hydrogen-bond donors (Lipinski definition) is 0. The van der Waals surface area contributed by atoms with Gasteiger partial charge in [0.25, 0.3) is 5.69 Å². The molecule has 0 fully saturated rings. The van der Waals surface area contributed by atoms with Crippen LogP contribution in [0.25, 0.3) is 0 Å². The fourth-order valence-corrected chi connectivity index (χ4v) is 0.799. The summed E-state index contributed by atoms with van der Waals surface area (Å²) in [5, 5.41) is 10.2. The smallest absolute Gasteiger partial charge is 0.452 e. The molecule has 1 atom stereocenters. The van der Waals surface area contributed by atoms with Gasteiger partial charge in [-0.1, -0.05) is 0 Å². The Morgan fingerprint density at radius 2 is 2.12 bits per heavy atom. The van der Waals surface area contributed by atoms with E-state index in [2.05, 4.69) is 10.8 Å². The van der Waals surface area contributed by atoms with Crippen LogP contribution in [-0.2, 0) is 0 Å². The van der Waals surface area contributed by atoms with E-state index in [9.17, 15) is 27.7 Å². The quantitative estimate of drug-likeness (QED) is 0.462. The first-order valence-electron chi connectivity index (χ1n) is 3.84. The normalized spacial score (nSPS) is 13.2. The topological polar surface area (TPSA) is 52.4 Å². The summed E-state index contributed by atoms with van der Waals surface area (Å²) in [7, 11) is 0. The lowest BCUT2D eigenvalue weighted by atomic mass is 10.3. The maximum Gasteiger partial charge on any atom is 0.457 e. The van der Waals surface area contributed by atoms with E-state index >= 15 is 0 Å². The van der Waals surface area contributed by atoms with Crippen LogP contribution >= 0.6 is 0 Å². The van der Waals surface area contributed by atoms with Gasteiger partial charge in [0.15, 0.2) is 0 Å². The number of rotatable bonds is 3. The minimum Gasteiger partial charge on any atom is -0.452 e. The van der Waals surface area contributed by atoms with Gasteiger partial charge in [-0.3, -0.25) is 10.1 Å². The van der Waals surface area contributed by atoms with Gasteiger partial charge in [0, 0.05) is 0 Å². The molecule has 8 heteroatoms. The number of nitro benzene ring substituents is 1. The second-order valence-electron chi connectivity index (χ2n) is 2.64. The van der Waals surface area contributed by atoms with E-state index in [4.69, 9.17) is 0 Å². The molecule has 1 aromatic carbocycles. The third-order valence-electron chi connectivity index (χ3n) is 1.45. The van der Waals surface area contributed by atoms with E-state index in [-0.39, 0.29) is 0 Å². The highest BCUT2D eigenvalue weighted by molar-refractivity contribution is 5.36. The zero-order chi connectivity index (χ0) is 12.3. The standard InChI is InChI=1S/C8H4F4NO3/c9-7(8(10,11)12)16-6-3-1-2-5(4-6)13(14)15/h1,3-4,7H. The molecule has 0 heterocycles. The highest BCUT2D eigenvalue weighted by Gasteiger charge is 2.42. The molecule has 0 aliphatic carbocycles. The molecular weight excluding hydrogens is 234 g/mol. The monoisotopic (exact) mass is 238 g/mol. The molecule has 0 aromatic heterocycles. The van der Waals surface area contributed by atoms with Crippen LogP contribution in [-0.4, -0.2) is 17.5 Å². The molecule has 1 radical (unpaired) electrons. The maximum absolute atomic E-state index is 12.4. The van der Waals surface area contributed by atoms with Gasteiger partial charge < -0.3 is 4.74 Å². The third kappa shape index (κ3) is 3.07. The average Bonchev–Trinajstić information content (AvgIpc) is 2.16. The van der Waals surface area contributed by atoms with E-state index in [1.165, 1.54) is 0 Å². The minimum atomic E-state index is -5.17. The van der Waals surface area contributed by atoms with Gasteiger partial charge >= 0.3 is 12.5 Å². The van der Waals surface area contributed by atoms with Crippen molar-refractivity contribution in [2.45, 2.75) is 12.5 Å². The van der Waals surface area contributed by atoms with Gasteiger partial charge in [-0.2, -0.15) is 17.6 Å². The zero-order valence-electron chi connectivity index (χ0n) is 7.49. The summed E-state index contributed by atoms with van der Waals surface area (Å²) < 4.78 is 51.5. The Morgan fingerprint density at radius 1 is 1.50 bits per heavy atom. The first-order valence-corrected chi connectivity index (χ1v) is 3.84. The lowest BCUT2D eigenvalue weighted by molar-refractivity contribution is -0.385. The molecule has 0 aliphatic rings. The number of ether oxygens (including phenoxy) is 1. The Kier molecular flexibility index (Phi) is 3.31. The van der Waals surface area contributed by atoms with Crippen LogP contribution in [0.4, 0.5) is 23.2 Å². The van der Waals surface area contributed by atoms with E-state index in [1.54, 1.807) is 0 Å². The average molecular weight is 238 g/mol. The number of non-ortho nitro benzene ring substituents is 1. The van der Waals surface area contributed by atoms with Crippen molar-refractivity contribution in [2.75, 3.05) is 0 Å². The Morgan fingerprint density at radius 3 is 2.62 bits per heavy atom. The molecule has 1 unspecified atom stereocenters. The summed E-state index contributed by atoms with van der Waals surface area (Å²) in [4.78, 5) is 9.36. The number of nitrogens with zero attached hydrogens (tertiary/aromatic N) is 1. The van der Waals surface area contributed by atoms with Crippen molar-refractivity contribution < 1.29 is 27.2 Å². The van der Waals surface area contributed by atoms with Crippen molar-refractivity contribution in [3.63, 3.8) is 0 Å². The minimum absolute atomic E-state index is 0.588. The SMILES string of the molecule is O=[N+]([O-])c1[c]ccc(OC(F)C(F)(F)F)c1. The first kappa shape index (κ1) is 12.2. The van der Waals surface area contributed by atoms with E-state index in [0.29, 0.717) is 6.07 Å². The second kappa shape index (κ2) is 4.33. The van der Waals surface area contributed by atoms with Gasteiger partial charge in [0.05, 0.1) is 17.1 Å². The summed E-state index contributed by atoms with van der Waals surface area (Å²) in [5.41, 5.74) is -0.605. The highest BCUT2D eigenvalue weighted by atomic mass is 19.4. The lowest BCUT2D eigenvalue weighted by Crippen LogP contribution is -2.29. The van der Waals surface area contributed by atoms with Gasteiger partial charge in [0.2, 0.25) is 0 Å². The molecular formula is C8H4F4NO3. The van der Waals surface area contributed by atoms with Crippen LogP contribution in [0.2, 0.25) is 0 Å². The molecule has 87 valence electrons. The Hall–Kier alpha value is -1.86. The molecule has 16 heavy (non-hydrogen) atoms. The van der Waals surface area contributed by atoms with Gasteiger partial charge in [-0.05, 0) is 12.1 Å². The largest absolute Gasteiger partial charge is 0.457 e. The van der Waals surface area contributed by atoms with Crippen LogP contribution < -0.4 is 4.74 Å². The lowest BCUT2D eigenvalue weighted by Gasteiger charge is -2.13. The van der Waals surface area contributed by atoms with Crippen LogP contribution in [0, 0.1) is 16.2 Å². The van der Waals surface area contributed by atoms with Crippen LogP contribution in [0.5, 0.6) is 5.75 Å². The molecule has 0 spiro atoms. The van der Waals surface area contributed by atoms with Crippen molar-refractivity contribution in [1.29, 1.82) is 0 Å². The highest BCUT2D eigenvalue weighted by Crippen LogP contribution is 2.27. The molecule has 1 rings (SSSR count). The number of hydrogen-bond acceptors (Lipinski definition) is 3. The molecule has 0 saturated carbocycles. The summed E-state index contributed by atoms with van der Waals surface area (Å²) >= 11 is 0. The predicted octanol–water partition coefficient (Wildman–Crippen LogP) is 2.63. The Balaban J connectivity index is 2.82. The van der Waals surface area contributed by atoms with Gasteiger partial charge in [-0.15, -0.1) is 0 Å². The molecule has 0 bridgehead atoms. The van der Waals surface area contributed by atoms with Crippen LogP contribution in [0.3, 0.4) is 0 Å². The molecule has 0 amide bonds. The van der Waals surface area contributed by atoms with Crippen LogP contribution in [0.1, 0.15) is 0 Å². The van der Waals surface area contributed by atoms with E-state index in [0.717, 1.165) is 12.1 Å². The first-order chi connectivity index (χ1) is 7.30. The Bertz CT molecular complexity index is 393. The van der Waals surface area contributed by atoms with Gasteiger partial charge in [-0.25, -0.2) is 0 Å². The van der Waals surface area contributed by atoms with Gasteiger partial charge in [0.1, 0.15) is 5.75 Å². The van der Waals surface area contributed by atoms with Crippen molar-refractivity contribution in [2.24, 2.45) is 0 Å². The molecule has 0 N–H and O–H groups in total. The predicted molar refractivity (Wildman–Crippen MR) is 43.5 cm³/mol. The van der Waals surface area contributed by atoms with Crippen molar-refractivity contribution in [3.05, 3.63) is 34.4 Å². The van der Waals surface area contributed by atoms with E-state index < -0.39 is 28.9 Å². The molecule has 0 saturated heterocycles. The molecule has 4 nitrogen and oxygen atoms in total. The van der Waals surface area contributed by atoms with Crippen molar-refractivity contribution in [1.82, 2.24) is 0 Å². The van der Waals surface area contributed by atoms with Crippen molar-refractivity contribution in [3.8, 4) is 5.75 Å². The van der Waals surface area contributed by atoms with E-state index in [1.807, 2.05) is 0 Å². The summed E-state index contributed by atoms with van der Waals surface area (Å²) in [5.74, 6) is -0.588. The number of halogens is 4. The Labute approximate surface area is 86.6 Å². The zero-order valence-corrected chi connectivity index (χ0v) is 7.49. The third-order valence-corrected chi connectivity index (χ3v) is 1.45. The van der Waals surface area contributed by atoms with Crippen LogP contribution in [0.15, 0.2) is 18.2 Å². The van der Waals surface area contributed by atoms with Crippen molar-refractivity contribution >= 4 is 5.69 Å². The summed E-state index contributed by atoms with van der Waals surface area (Å²) in [6.45, 7) is 0. The number of nitro groups is 1. The fraction of sp³-hybridized carbons (Fsp3) is 0.250. The number of benzene rings is 1. The fourth-order valence-electron chi connectivity index (χ4n) is 0.799. The second-order valence-corrected chi connectivity index (χ2v) is 2.64. The summed E-state index contributed by atoms with van der Waals surface area (Å²) in [6.07, 6.45) is -8.69. The molecule has 1 aromatic rings. The summed E-state index contributed by atoms with van der Waals surface area (Å²) in [6, 6.07) is 4.69. The molecule has 0 aliphatic heterocycles.